The molecular weight excluding hydrogens is 213 g/mol. The predicted octanol–water partition coefficient (Wildman–Crippen LogP) is 3.04. The topological polar surface area (TPSA) is 12.0 Å². The van der Waals surface area contributed by atoms with Gasteiger partial charge in [0.15, 0.2) is 0 Å². The van der Waals surface area contributed by atoms with Crippen molar-refractivity contribution in [3.05, 3.63) is 33.8 Å². The molecule has 64 valence electrons. The van der Waals surface area contributed by atoms with E-state index in [1.165, 1.54) is 5.49 Å². The van der Waals surface area contributed by atoms with Gasteiger partial charge in [0.05, 0.1) is 15.5 Å². The highest BCUT2D eigenvalue weighted by Gasteiger charge is 1.97. The van der Waals surface area contributed by atoms with Crippen LogP contribution in [0.4, 0.5) is 0 Å². The molecule has 0 saturated heterocycles. The van der Waals surface area contributed by atoms with Gasteiger partial charge in [0.2, 0.25) is 0 Å². The van der Waals surface area contributed by atoms with E-state index in [0.717, 1.165) is 5.56 Å². The second kappa shape index (κ2) is 4.65. The number of hydrogen-bond donors (Lipinski definition) is 1. The molecule has 0 atom stereocenters. The van der Waals surface area contributed by atoms with Gasteiger partial charge in [-0.05, 0) is 17.7 Å². The van der Waals surface area contributed by atoms with Crippen molar-refractivity contribution < 1.29 is 0 Å². The standard InChI is InChI=1S/C8H7Cl2NS/c9-7-2-1-6(3-8(7)10)4-11-5-12/h1-3,5H,4H2,(H,11,12). The molecule has 0 aliphatic heterocycles. The molecule has 0 heterocycles. The molecule has 1 rings (SSSR count). The highest BCUT2D eigenvalue weighted by atomic mass is 35.5. The van der Waals surface area contributed by atoms with Crippen molar-refractivity contribution in [3.8, 4) is 0 Å². The summed E-state index contributed by atoms with van der Waals surface area (Å²) in [4.78, 5) is 0. The third-order valence-corrected chi connectivity index (χ3v) is 2.28. The van der Waals surface area contributed by atoms with Crippen LogP contribution in [0.1, 0.15) is 5.56 Å². The first-order chi connectivity index (χ1) is 5.74. The molecule has 0 amide bonds. The SMILES string of the molecule is S=CNCc1ccc(Cl)c(Cl)c1. The third kappa shape index (κ3) is 2.63. The van der Waals surface area contributed by atoms with Gasteiger partial charge >= 0.3 is 0 Å². The Bertz CT molecular complexity index is 288. The third-order valence-electron chi connectivity index (χ3n) is 1.37. The first-order valence-electron chi connectivity index (χ1n) is 3.35. The molecule has 0 saturated carbocycles. The van der Waals surface area contributed by atoms with E-state index in [1.807, 2.05) is 12.1 Å². The quantitative estimate of drug-likeness (QED) is 0.785. The van der Waals surface area contributed by atoms with Crippen LogP contribution in [0.5, 0.6) is 0 Å². The summed E-state index contributed by atoms with van der Waals surface area (Å²) in [6, 6.07) is 5.49. The number of thiocarbonyl (C=S) groups is 1. The maximum absolute atomic E-state index is 5.80. The molecule has 0 fully saturated rings. The number of nitrogens with one attached hydrogen (secondary N) is 1. The lowest BCUT2D eigenvalue weighted by Crippen LogP contribution is -2.08. The second-order valence-corrected chi connectivity index (χ2v) is 3.30. The van der Waals surface area contributed by atoms with E-state index in [-0.39, 0.29) is 0 Å². The van der Waals surface area contributed by atoms with Crippen LogP contribution in [0, 0.1) is 0 Å². The summed E-state index contributed by atoms with van der Waals surface area (Å²) >= 11 is 16.1. The molecular formula is C8H7Cl2NS. The largest absolute Gasteiger partial charge is 0.378 e. The Morgan fingerprint density at radius 3 is 2.67 bits per heavy atom. The summed E-state index contributed by atoms with van der Waals surface area (Å²) in [6.45, 7) is 0.681. The molecule has 1 N–H and O–H groups in total. The van der Waals surface area contributed by atoms with Crippen LogP contribution in [0.2, 0.25) is 10.0 Å². The lowest BCUT2D eigenvalue weighted by molar-refractivity contribution is 0.944. The van der Waals surface area contributed by atoms with Crippen LogP contribution in [-0.2, 0) is 6.54 Å². The zero-order chi connectivity index (χ0) is 8.97. The number of halogens is 2. The van der Waals surface area contributed by atoms with Crippen LogP contribution in [0.15, 0.2) is 18.2 Å². The Morgan fingerprint density at radius 2 is 2.08 bits per heavy atom. The fourth-order valence-electron chi connectivity index (χ4n) is 0.809. The molecule has 1 aromatic carbocycles. The molecule has 0 aromatic heterocycles. The van der Waals surface area contributed by atoms with Crippen LogP contribution in [0.25, 0.3) is 0 Å². The summed E-state index contributed by atoms with van der Waals surface area (Å²) in [5.74, 6) is 0. The van der Waals surface area contributed by atoms with E-state index in [1.54, 1.807) is 6.07 Å². The van der Waals surface area contributed by atoms with E-state index >= 15 is 0 Å². The Kier molecular flexibility index (Phi) is 3.79. The minimum Gasteiger partial charge on any atom is -0.378 e. The first kappa shape index (κ1) is 9.78. The van der Waals surface area contributed by atoms with Gasteiger partial charge in [0.1, 0.15) is 0 Å². The van der Waals surface area contributed by atoms with Gasteiger partial charge in [0, 0.05) is 6.54 Å². The molecule has 0 aliphatic rings. The zero-order valence-electron chi connectivity index (χ0n) is 6.18. The van der Waals surface area contributed by atoms with Gasteiger partial charge in [-0.15, -0.1) is 0 Å². The van der Waals surface area contributed by atoms with Crippen molar-refractivity contribution >= 4 is 40.9 Å². The van der Waals surface area contributed by atoms with Crippen molar-refractivity contribution in [1.29, 1.82) is 0 Å². The number of rotatable bonds is 3. The summed E-state index contributed by atoms with van der Waals surface area (Å²) in [5, 5.41) is 4.04. The molecule has 4 heteroatoms. The number of benzene rings is 1. The van der Waals surface area contributed by atoms with Crippen LogP contribution in [0.3, 0.4) is 0 Å². The van der Waals surface area contributed by atoms with Gasteiger partial charge in [-0.2, -0.15) is 0 Å². The van der Waals surface area contributed by atoms with E-state index < -0.39 is 0 Å². The van der Waals surface area contributed by atoms with E-state index in [0.29, 0.717) is 16.6 Å². The van der Waals surface area contributed by atoms with Gasteiger partial charge in [-0.25, -0.2) is 0 Å². The molecule has 0 bridgehead atoms. The zero-order valence-corrected chi connectivity index (χ0v) is 8.51. The van der Waals surface area contributed by atoms with E-state index in [2.05, 4.69) is 17.5 Å². The van der Waals surface area contributed by atoms with E-state index in [9.17, 15) is 0 Å². The summed E-state index contributed by atoms with van der Waals surface area (Å²) < 4.78 is 0. The van der Waals surface area contributed by atoms with Crippen LogP contribution in [-0.4, -0.2) is 5.49 Å². The minimum atomic E-state index is 0.570. The highest BCUT2D eigenvalue weighted by molar-refractivity contribution is 7.78. The van der Waals surface area contributed by atoms with Crippen molar-refractivity contribution in [3.63, 3.8) is 0 Å². The summed E-state index contributed by atoms with van der Waals surface area (Å²) in [6.07, 6.45) is 0. The predicted molar refractivity (Wildman–Crippen MR) is 57.0 cm³/mol. The van der Waals surface area contributed by atoms with Crippen LogP contribution >= 0.6 is 35.4 Å². The van der Waals surface area contributed by atoms with Gasteiger partial charge in [0.25, 0.3) is 0 Å². The lowest BCUT2D eigenvalue weighted by atomic mass is 10.2. The average Bonchev–Trinajstić information content (AvgIpc) is 2.07. The maximum atomic E-state index is 5.80. The molecule has 0 aliphatic carbocycles. The second-order valence-electron chi connectivity index (χ2n) is 2.25. The lowest BCUT2D eigenvalue weighted by Gasteiger charge is -2.01. The van der Waals surface area contributed by atoms with Crippen LogP contribution < -0.4 is 5.32 Å². The minimum absolute atomic E-state index is 0.570. The summed E-state index contributed by atoms with van der Waals surface area (Å²) in [7, 11) is 0. The molecule has 1 nitrogen and oxygen atoms in total. The maximum Gasteiger partial charge on any atom is 0.0617 e. The Labute approximate surface area is 86.7 Å². The Hall–Kier alpha value is -0.310. The summed E-state index contributed by atoms with van der Waals surface area (Å²) in [5.41, 5.74) is 2.54. The first-order valence-corrected chi connectivity index (χ1v) is 4.57. The molecule has 0 radical (unpaired) electrons. The smallest absolute Gasteiger partial charge is 0.0617 e. The normalized spacial score (nSPS) is 9.50. The van der Waals surface area contributed by atoms with E-state index in [4.69, 9.17) is 23.2 Å². The average molecular weight is 220 g/mol. The van der Waals surface area contributed by atoms with Crippen molar-refractivity contribution in [2.75, 3.05) is 0 Å². The van der Waals surface area contributed by atoms with Crippen molar-refractivity contribution in [2.45, 2.75) is 6.54 Å². The Morgan fingerprint density at radius 1 is 1.33 bits per heavy atom. The van der Waals surface area contributed by atoms with Crippen molar-refractivity contribution in [1.82, 2.24) is 5.32 Å². The van der Waals surface area contributed by atoms with Gasteiger partial charge in [-0.3, -0.25) is 0 Å². The highest BCUT2D eigenvalue weighted by Crippen LogP contribution is 2.22. The number of hydrogen-bond acceptors (Lipinski definition) is 1. The molecule has 1 aromatic rings. The molecule has 0 unspecified atom stereocenters. The van der Waals surface area contributed by atoms with Crippen molar-refractivity contribution in [2.24, 2.45) is 0 Å². The van der Waals surface area contributed by atoms with Gasteiger partial charge < -0.3 is 5.32 Å². The monoisotopic (exact) mass is 219 g/mol. The molecule has 0 spiro atoms. The van der Waals surface area contributed by atoms with Gasteiger partial charge in [-0.1, -0.05) is 41.5 Å². The fraction of sp³-hybridized carbons (Fsp3) is 0.125. The fourth-order valence-corrected chi connectivity index (χ4v) is 1.21. The Balaban J connectivity index is 2.75. The molecule has 12 heavy (non-hydrogen) atoms.